The number of nitrogens with two attached hydrogens (primary N) is 2. The van der Waals surface area contributed by atoms with E-state index in [1.165, 1.54) is 11.8 Å². The van der Waals surface area contributed by atoms with Crippen LogP contribution in [0.4, 0.5) is 0 Å². The molecule has 8 N–H and O–H groups in total. The van der Waals surface area contributed by atoms with E-state index < -0.39 is 47.9 Å². The van der Waals surface area contributed by atoms with E-state index in [1.807, 2.05) is 12.5 Å². The number of hydrogen-bond acceptors (Lipinski definition) is 8. The lowest BCUT2D eigenvalue weighted by atomic mass is 10.0. The van der Waals surface area contributed by atoms with Gasteiger partial charge in [-0.1, -0.05) is 13.8 Å². The maximum Gasteiger partial charge on any atom is 0.326 e. The second kappa shape index (κ2) is 17.9. The van der Waals surface area contributed by atoms with Crippen LogP contribution in [-0.2, 0) is 19.2 Å². The molecule has 0 saturated heterocycles. The minimum Gasteiger partial charge on any atom is -0.480 e. The topological polar surface area (TPSA) is 177 Å². The third kappa shape index (κ3) is 13.1. The van der Waals surface area contributed by atoms with Crippen molar-refractivity contribution in [3.63, 3.8) is 0 Å². The quantitative estimate of drug-likeness (QED) is 0.141. The van der Waals surface area contributed by atoms with Gasteiger partial charge < -0.3 is 32.5 Å². The van der Waals surface area contributed by atoms with Crippen LogP contribution in [0.5, 0.6) is 0 Å². The maximum atomic E-state index is 13.0. The lowest BCUT2D eigenvalue weighted by Crippen LogP contribution is -2.58. The first-order valence-corrected chi connectivity index (χ1v) is 13.9. The van der Waals surface area contributed by atoms with E-state index in [-0.39, 0.29) is 12.3 Å². The van der Waals surface area contributed by atoms with Gasteiger partial charge in [0, 0.05) is 0 Å². The Hall–Kier alpha value is -1.50. The largest absolute Gasteiger partial charge is 0.480 e. The van der Waals surface area contributed by atoms with Gasteiger partial charge in [0.25, 0.3) is 0 Å². The SMILES string of the molecule is CSCCC(N)C(=O)NC(CCCCN)C(=O)NC(C(=O)NC(CCSC)C(=O)O)C(C)C. The van der Waals surface area contributed by atoms with Gasteiger partial charge in [0.2, 0.25) is 17.7 Å². The fraction of sp³-hybridized carbons (Fsp3) is 0.810. The van der Waals surface area contributed by atoms with E-state index in [0.717, 1.165) is 5.75 Å². The highest BCUT2D eigenvalue weighted by Crippen LogP contribution is 2.09. The van der Waals surface area contributed by atoms with Crippen LogP contribution in [0, 0.1) is 5.92 Å². The molecule has 0 aromatic rings. The molecule has 4 unspecified atom stereocenters. The Morgan fingerprint density at radius 1 is 0.818 bits per heavy atom. The van der Waals surface area contributed by atoms with Gasteiger partial charge in [-0.05, 0) is 68.6 Å². The summed E-state index contributed by atoms with van der Waals surface area (Å²) in [6.07, 6.45) is 6.17. The summed E-state index contributed by atoms with van der Waals surface area (Å²) in [4.78, 5) is 49.8. The van der Waals surface area contributed by atoms with Crippen LogP contribution in [0.15, 0.2) is 0 Å². The molecular formula is C21H41N5O5S2. The molecule has 0 bridgehead atoms. The van der Waals surface area contributed by atoms with E-state index in [0.29, 0.717) is 38.0 Å². The predicted octanol–water partition coefficient (Wildman–Crippen LogP) is 0.144. The van der Waals surface area contributed by atoms with Gasteiger partial charge >= 0.3 is 5.97 Å². The van der Waals surface area contributed by atoms with Crippen molar-refractivity contribution in [2.75, 3.05) is 30.6 Å². The van der Waals surface area contributed by atoms with Crippen LogP contribution in [0.25, 0.3) is 0 Å². The van der Waals surface area contributed by atoms with Gasteiger partial charge in [0.1, 0.15) is 18.1 Å². The first-order chi connectivity index (χ1) is 15.6. The summed E-state index contributed by atoms with van der Waals surface area (Å²) in [5, 5.41) is 17.3. The fourth-order valence-electron chi connectivity index (χ4n) is 2.96. The van der Waals surface area contributed by atoms with Gasteiger partial charge in [0.15, 0.2) is 0 Å². The summed E-state index contributed by atoms with van der Waals surface area (Å²) in [5.74, 6) is -1.65. The Morgan fingerprint density at radius 2 is 1.39 bits per heavy atom. The Bertz CT molecular complexity index is 624. The summed E-state index contributed by atoms with van der Waals surface area (Å²) in [6, 6.07) is -3.60. The minimum atomic E-state index is -1.13. The molecule has 192 valence electrons. The number of carbonyl (C=O) groups is 4. The number of hydrogen-bond donors (Lipinski definition) is 6. The van der Waals surface area contributed by atoms with Gasteiger partial charge in [-0.15, -0.1) is 0 Å². The number of carboxylic acids is 1. The van der Waals surface area contributed by atoms with E-state index in [4.69, 9.17) is 11.5 Å². The fourth-order valence-corrected chi connectivity index (χ4v) is 3.92. The maximum absolute atomic E-state index is 13.0. The molecule has 0 aromatic carbocycles. The van der Waals surface area contributed by atoms with Crippen LogP contribution in [0.2, 0.25) is 0 Å². The lowest BCUT2D eigenvalue weighted by molar-refractivity contribution is -0.142. The van der Waals surface area contributed by atoms with E-state index in [2.05, 4.69) is 16.0 Å². The molecule has 12 heteroatoms. The summed E-state index contributed by atoms with van der Waals surface area (Å²) < 4.78 is 0. The molecule has 0 saturated carbocycles. The number of aliphatic carboxylic acids is 1. The summed E-state index contributed by atoms with van der Waals surface area (Å²) in [7, 11) is 0. The van der Waals surface area contributed by atoms with E-state index >= 15 is 0 Å². The Kier molecular flexibility index (Phi) is 17.1. The van der Waals surface area contributed by atoms with Crippen LogP contribution in [0.1, 0.15) is 46.0 Å². The molecule has 0 spiro atoms. The average molecular weight is 508 g/mol. The first kappa shape index (κ1) is 31.5. The minimum absolute atomic E-state index is 0.271. The van der Waals surface area contributed by atoms with Crippen molar-refractivity contribution in [2.24, 2.45) is 17.4 Å². The zero-order valence-electron chi connectivity index (χ0n) is 20.1. The standard InChI is InChI=1S/C21H41N5O5S2/c1-13(2)17(20(29)25-16(21(30)31)9-12-33-4)26-19(28)15(7-5-6-10-22)24-18(27)14(23)8-11-32-3/h13-17H,5-12,22-23H2,1-4H3,(H,24,27)(H,25,29)(H,26,28)(H,30,31). The molecule has 3 amide bonds. The molecule has 0 aliphatic carbocycles. The number of amides is 3. The van der Waals surface area contributed by atoms with Gasteiger partial charge in [-0.2, -0.15) is 23.5 Å². The lowest BCUT2D eigenvalue weighted by Gasteiger charge is -2.27. The second-order valence-corrected chi connectivity index (χ2v) is 10.1. The van der Waals surface area contributed by atoms with Crippen molar-refractivity contribution in [2.45, 2.75) is 70.1 Å². The number of unbranched alkanes of at least 4 members (excludes halogenated alkanes) is 1. The van der Waals surface area contributed by atoms with Gasteiger partial charge in [-0.3, -0.25) is 14.4 Å². The van der Waals surface area contributed by atoms with E-state index in [1.54, 1.807) is 25.6 Å². The second-order valence-electron chi connectivity index (χ2n) is 8.14. The Labute approximate surface area is 205 Å². The van der Waals surface area contributed by atoms with Crippen LogP contribution in [-0.4, -0.2) is 83.5 Å². The molecule has 0 radical (unpaired) electrons. The van der Waals surface area contributed by atoms with Crippen LogP contribution < -0.4 is 27.4 Å². The van der Waals surface area contributed by atoms with Crippen molar-refractivity contribution in [3.8, 4) is 0 Å². The highest BCUT2D eigenvalue weighted by Gasteiger charge is 2.31. The zero-order valence-corrected chi connectivity index (χ0v) is 21.7. The molecular weight excluding hydrogens is 466 g/mol. The summed E-state index contributed by atoms with van der Waals surface area (Å²) in [6.45, 7) is 3.96. The monoisotopic (exact) mass is 507 g/mol. The molecule has 0 fully saturated rings. The first-order valence-electron chi connectivity index (χ1n) is 11.2. The van der Waals surface area contributed by atoms with Gasteiger partial charge in [0.05, 0.1) is 6.04 Å². The van der Waals surface area contributed by atoms with Crippen LogP contribution in [0.3, 0.4) is 0 Å². The molecule has 0 heterocycles. The highest BCUT2D eigenvalue weighted by atomic mass is 32.2. The molecule has 0 aliphatic heterocycles. The smallest absolute Gasteiger partial charge is 0.326 e. The van der Waals surface area contributed by atoms with Gasteiger partial charge in [-0.25, -0.2) is 4.79 Å². The molecule has 4 atom stereocenters. The average Bonchev–Trinajstić information content (AvgIpc) is 2.76. The van der Waals surface area contributed by atoms with Crippen molar-refractivity contribution in [3.05, 3.63) is 0 Å². The number of thioether (sulfide) groups is 2. The van der Waals surface area contributed by atoms with Crippen LogP contribution >= 0.6 is 23.5 Å². The Balaban J connectivity index is 5.33. The summed E-state index contributed by atoms with van der Waals surface area (Å²) >= 11 is 3.06. The molecule has 10 nitrogen and oxygen atoms in total. The molecule has 0 rings (SSSR count). The zero-order chi connectivity index (χ0) is 25.4. The number of carboxylic acid groups (broad SMARTS) is 1. The number of carbonyl (C=O) groups excluding carboxylic acids is 3. The van der Waals surface area contributed by atoms with E-state index in [9.17, 15) is 24.3 Å². The third-order valence-electron chi connectivity index (χ3n) is 5.02. The predicted molar refractivity (Wildman–Crippen MR) is 135 cm³/mol. The normalized spacial score (nSPS) is 14.8. The summed E-state index contributed by atoms with van der Waals surface area (Å²) in [5.41, 5.74) is 11.5. The van der Waals surface area contributed by atoms with Crippen molar-refractivity contribution in [1.82, 2.24) is 16.0 Å². The highest BCUT2D eigenvalue weighted by molar-refractivity contribution is 7.98. The van der Waals surface area contributed by atoms with Crippen molar-refractivity contribution in [1.29, 1.82) is 0 Å². The molecule has 0 aliphatic rings. The molecule has 0 aromatic heterocycles. The van der Waals surface area contributed by atoms with Crippen molar-refractivity contribution < 1.29 is 24.3 Å². The molecule has 33 heavy (non-hydrogen) atoms. The third-order valence-corrected chi connectivity index (χ3v) is 6.31. The Morgan fingerprint density at radius 3 is 1.91 bits per heavy atom. The number of nitrogens with one attached hydrogen (secondary N) is 3. The van der Waals surface area contributed by atoms with Crippen molar-refractivity contribution >= 4 is 47.2 Å². The number of rotatable bonds is 18.